The molecule has 8 nitrogen and oxygen atoms in total. The van der Waals surface area contributed by atoms with Gasteiger partial charge in [0.1, 0.15) is 6.04 Å². The van der Waals surface area contributed by atoms with E-state index in [1.54, 1.807) is 12.1 Å². The summed E-state index contributed by atoms with van der Waals surface area (Å²) >= 11 is 6.49. The van der Waals surface area contributed by atoms with E-state index in [9.17, 15) is 19.2 Å². The van der Waals surface area contributed by atoms with Crippen molar-refractivity contribution in [1.82, 2.24) is 15.1 Å². The van der Waals surface area contributed by atoms with Crippen LogP contribution in [0.5, 0.6) is 0 Å². The molecule has 2 fully saturated rings. The summed E-state index contributed by atoms with van der Waals surface area (Å²) in [4.78, 5) is 53.2. The number of fused-ring (bicyclic) bond motifs is 1. The van der Waals surface area contributed by atoms with Crippen LogP contribution in [0.2, 0.25) is 5.02 Å². The van der Waals surface area contributed by atoms with Crippen LogP contribution in [0.1, 0.15) is 56.7 Å². The average Bonchev–Trinajstić information content (AvgIpc) is 3.19. The molecule has 1 N–H and O–H groups in total. The highest BCUT2D eigenvalue weighted by molar-refractivity contribution is 6.31. The fraction of sp³-hybridized carbons (Fsp3) is 0.407. The van der Waals surface area contributed by atoms with Crippen LogP contribution in [0.15, 0.2) is 36.4 Å². The summed E-state index contributed by atoms with van der Waals surface area (Å²) < 4.78 is 5.39. The summed E-state index contributed by atoms with van der Waals surface area (Å²) in [6.07, 6.45) is 1.41. The van der Waals surface area contributed by atoms with Gasteiger partial charge in [-0.2, -0.15) is 0 Å². The lowest BCUT2D eigenvalue weighted by Gasteiger charge is -2.29. The van der Waals surface area contributed by atoms with Crippen molar-refractivity contribution in [2.45, 2.75) is 44.8 Å². The molecular formula is C27H28ClN3O5. The van der Waals surface area contributed by atoms with Crippen LogP contribution in [0.3, 0.4) is 0 Å². The van der Waals surface area contributed by atoms with E-state index in [1.807, 2.05) is 24.3 Å². The monoisotopic (exact) mass is 509 g/mol. The molecule has 0 saturated carbocycles. The van der Waals surface area contributed by atoms with Crippen molar-refractivity contribution < 1.29 is 23.9 Å². The number of halogens is 1. The fourth-order valence-electron chi connectivity index (χ4n) is 5.03. The summed E-state index contributed by atoms with van der Waals surface area (Å²) in [6.45, 7) is 4.24. The third kappa shape index (κ3) is 5.21. The van der Waals surface area contributed by atoms with Gasteiger partial charge in [0.15, 0.2) is 5.78 Å². The lowest BCUT2D eigenvalue weighted by atomic mass is 9.99. The second-order valence-corrected chi connectivity index (χ2v) is 9.92. The molecule has 0 aliphatic carbocycles. The summed E-state index contributed by atoms with van der Waals surface area (Å²) in [5, 5.41) is 2.91. The number of benzene rings is 2. The first-order valence-electron chi connectivity index (χ1n) is 12.3. The van der Waals surface area contributed by atoms with E-state index in [0.29, 0.717) is 42.0 Å². The predicted molar refractivity (Wildman–Crippen MR) is 133 cm³/mol. The van der Waals surface area contributed by atoms with Crippen LogP contribution in [0.4, 0.5) is 0 Å². The Kier molecular flexibility index (Phi) is 7.18. The van der Waals surface area contributed by atoms with Crippen molar-refractivity contribution >= 4 is 35.1 Å². The maximum Gasteiger partial charge on any atom is 0.255 e. The first-order chi connectivity index (χ1) is 17.4. The Bertz CT molecular complexity index is 1220. The number of amides is 3. The number of ether oxygens (including phenoxy) is 1. The van der Waals surface area contributed by atoms with E-state index in [2.05, 4.69) is 10.2 Å². The zero-order valence-electron chi connectivity index (χ0n) is 19.9. The summed E-state index contributed by atoms with van der Waals surface area (Å²) in [5.41, 5.74) is 3.95. The number of piperidine rings is 1. The Morgan fingerprint density at radius 2 is 1.89 bits per heavy atom. The Balaban J connectivity index is 1.19. The van der Waals surface area contributed by atoms with Gasteiger partial charge in [-0.1, -0.05) is 35.9 Å². The molecule has 3 aliphatic rings. The van der Waals surface area contributed by atoms with Gasteiger partial charge in [-0.15, -0.1) is 0 Å². The van der Waals surface area contributed by atoms with Gasteiger partial charge < -0.3 is 9.64 Å². The second-order valence-electron chi connectivity index (χ2n) is 9.51. The number of carbonyl (C=O) groups excluding carboxylic acids is 4. The number of nitrogens with zero attached hydrogens (tertiary/aromatic N) is 2. The minimum Gasteiger partial charge on any atom is -0.379 e. The van der Waals surface area contributed by atoms with Crippen molar-refractivity contribution in [3.05, 3.63) is 69.2 Å². The number of hydrogen-bond donors (Lipinski definition) is 1. The number of hydrogen-bond acceptors (Lipinski definition) is 6. The van der Waals surface area contributed by atoms with Crippen molar-refractivity contribution in [1.29, 1.82) is 0 Å². The zero-order valence-corrected chi connectivity index (χ0v) is 20.7. The third-order valence-electron chi connectivity index (χ3n) is 7.10. The number of ketones is 1. The molecule has 0 radical (unpaired) electrons. The SMILES string of the molecule is O=C1CCC(N2Cc3cc(CCC(=O)c4ccc(CN5CCOCC5)c(Cl)c4)ccc3C2=O)C(=O)N1. The lowest BCUT2D eigenvalue weighted by molar-refractivity contribution is -0.136. The van der Waals surface area contributed by atoms with E-state index >= 15 is 0 Å². The first kappa shape index (κ1) is 24.6. The number of carbonyl (C=O) groups is 4. The Morgan fingerprint density at radius 1 is 1.08 bits per heavy atom. The molecule has 2 aromatic carbocycles. The Hall–Kier alpha value is -3.07. The van der Waals surface area contributed by atoms with Gasteiger partial charge in [0.25, 0.3) is 5.91 Å². The van der Waals surface area contributed by atoms with Crippen LogP contribution in [0, 0.1) is 0 Å². The number of morpholine rings is 1. The normalized spacial score (nSPS) is 20.4. The molecular weight excluding hydrogens is 482 g/mol. The standard InChI is InChI=1S/C27H28ClN3O5/c28-22-14-18(3-4-19(22)15-30-9-11-36-12-10-30)24(32)7-2-17-1-5-21-20(13-17)16-31(27(21)35)23-6-8-25(33)29-26(23)34/h1,3-5,13-14,23H,2,6-12,15-16H2,(H,29,33,34). The highest BCUT2D eigenvalue weighted by atomic mass is 35.5. The lowest BCUT2D eigenvalue weighted by Crippen LogP contribution is -2.52. The smallest absolute Gasteiger partial charge is 0.255 e. The number of aryl methyl sites for hydroxylation is 1. The summed E-state index contributed by atoms with van der Waals surface area (Å²) in [7, 11) is 0. The minimum atomic E-state index is -0.636. The van der Waals surface area contributed by atoms with Crippen molar-refractivity contribution in [2.24, 2.45) is 0 Å². The van der Waals surface area contributed by atoms with E-state index in [0.717, 1.165) is 49.5 Å². The molecule has 0 aromatic heterocycles. The Morgan fingerprint density at radius 3 is 2.64 bits per heavy atom. The van der Waals surface area contributed by atoms with Crippen molar-refractivity contribution in [3.8, 4) is 0 Å². The van der Waals surface area contributed by atoms with E-state index < -0.39 is 11.9 Å². The molecule has 1 atom stereocenters. The van der Waals surface area contributed by atoms with Crippen LogP contribution < -0.4 is 5.32 Å². The van der Waals surface area contributed by atoms with E-state index in [1.165, 1.54) is 4.90 Å². The first-order valence-corrected chi connectivity index (χ1v) is 12.6. The van der Waals surface area contributed by atoms with Crippen LogP contribution in [-0.2, 0) is 33.8 Å². The molecule has 36 heavy (non-hydrogen) atoms. The quantitative estimate of drug-likeness (QED) is 0.455. The second kappa shape index (κ2) is 10.5. The molecule has 188 valence electrons. The molecule has 3 heterocycles. The molecule has 0 spiro atoms. The van der Waals surface area contributed by atoms with Crippen LogP contribution in [-0.4, -0.2) is 65.6 Å². The molecule has 2 saturated heterocycles. The van der Waals surface area contributed by atoms with Crippen LogP contribution >= 0.6 is 11.6 Å². The number of rotatable bonds is 7. The number of nitrogens with one attached hydrogen (secondary N) is 1. The van der Waals surface area contributed by atoms with Gasteiger partial charge >= 0.3 is 0 Å². The average molecular weight is 510 g/mol. The highest BCUT2D eigenvalue weighted by Crippen LogP contribution is 2.29. The summed E-state index contributed by atoms with van der Waals surface area (Å²) in [6, 6.07) is 10.4. The molecule has 1 unspecified atom stereocenters. The van der Waals surface area contributed by atoms with Crippen molar-refractivity contribution in [3.63, 3.8) is 0 Å². The maximum atomic E-state index is 12.9. The van der Waals surface area contributed by atoms with E-state index in [4.69, 9.17) is 16.3 Å². The van der Waals surface area contributed by atoms with E-state index in [-0.39, 0.29) is 24.0 Å². The predicted octanol–water partition coefficient (Wildman–Crippen LogP) is 2.75. The number of imide groups is 1. The van der Waals surface area contributed by atoms with Gasteiger partial charge in [-0.25, -0.2) is 0 Å². The molecule has 9 heteroatoms. The summed E-state index contributed by atoms with van der Waals surface area (Å²) in [5.74, 6) is -0.918. The molecule has 0 bridgehead atoms. The zero-order chi connectivity index (χ0) is 25.2. The van der Waals surface area contributed by atoms with Gasteiger partial charge in [0.2, 0.25) is 11.8 Å². The van der Waals surface area contributed by atoms with Gasteiger partial charge in [-0.05, 0) is 41.7 Å². The fourth-order valence-corrected chi connectivity index (χ4v) is 5.27. The third-order valence-corrected chi connectivity index (χ3v) is 7.45. The molecule has 5 rings (SSSR count). The topological polar surface area (TPSA) is 96.0 Å². The van der Waals surface area contributed by atoms with Gasteiger partial charge in [0.05, 0.1) is 13.2 Å². The van der Waals surface area contributed by atoms with Crippen molar-refractivity contribution in [2.75, 3.05) is 26.3 Å². The van der Waals surface area contributed by atoms with Gasteiger partial charge in [0, 0.05) is 55.2 Å². The molecule has 3 aliphatic heterocycles. The highest BCUT2D eigenvalue weighted by Gasteiger charge is 2.39. The van der Waals surface area contributed by atoms with Crippen LogP contribution in [0.25, 0.3) is 0 Å². The van der Waals surface area contributed by atoms with Gasteiger partial charge in [-0.3, -0.25) is 29.4 Å². The molecule has 2 aromatic rings. The molecule has 3 amide bonds. The largest absolute Gasteiger partial charge is 0.379 e. The number of Topliss-reactive ketones (excluding diaryl/α,β-unsaturated/α-hetero) is 1. The minimum absolute atomic E-state index is 0.0107. The Labute approximate surface area is 214 Å². The maximum absolute atomic E-state index is 12.9.